The molecule has 1 unspecified atom stereocenters. The molecule has 1 fully saturated rings. The molecule has 2 aromatic heterocycles. The van der Waals surface area contributed by atoms with Crippen LogP contribution in [0.5, 0.6) is 0 Å². The fourth-order valence-electron chi connectivity index (χ4n) is 3.57. The van der Waals surface area contributed by atoms with Gasteiger partial charge in [0.2, 0.25) is 0 Å². The van der Waals surface area contributed by atoms with Gasteiger partial charge in [0, 0.05) is 19.0 Å². The van der Waals surface area contributed by atoms with E-state index in [1.165, 1.54) is 18.3 Å². The summed E-state index contributed by atoms with van der Waals surface area (Å²) in [5.41, 5.74) is 3.22. The summed E-state index contributed by atoms with van der Waals surface area (Å²) in [5.74, 6) is 1.19. The molecule has 6 heteroatoms. The number of aromatic nitrogens is 2. The Balaban J connectivity index is 1.55. The summed E-state index contributed by atoms with van der Waals surface area (Å²) in [6.07, 6.45) is 1.98. The fraction of sp³-hybridized carbons (Fsp3) is 0.350. The lowest BCUT2D eigenvalue weighted by atomic mass is 9.97. The number of ketones is 1. The van der Waals surface area contributed by atoms with Crippen LogP contribution < -0.4 is 0 Å². The number of amides is 1. The third-order valence-corrected chi connectivity index (χ3v) is 6.17. The van der Waals surface area contributed by atoms with Crippen LogP contribution in [0.25, 0.3) is 11.0 Å². The van der Waals surface area contributed by atoms with Gasteiger partial charge in [0.05, 0.1) is 20.8 Å². The zero-order chi connectivity index (χ0) is 18.3. The SMILES string of the molecule is CC(=O)c1ccc(C(=O)N2CCCC(c3nc4c(C)cccc4[nH]3)C2)s1. The molecule has 0 saturated carbocycles. The maximum Gasteiger partial charge on any atom is 0.263 e. The summed E-state index contributed by atoms with van der Waals surface area (Å²) in [6, 6.07) is 9.63. The van der Waals surface area contributed by atoms with Gasteiger partial charge >= 0.3 is 0 Å². The number of carbonyl (C=O) groups excluding carboxylic acids is 2. The standard InChI is InChI=1S/C20H21N3O2S/c1-12-5-3-7-15-18(12)22-19(21-15)14-6-4-10-23(11-14)20(25)17-9-8-16(26-17)13(2)24/h3,5,7-9,14H,4,6,10-11H2,1-2H3,(H,21,22). The molecule has 1 aliphatic heterocycles. The number of aryl methyl sites for hydroxylation is 1. The van der Waals surface area contributed by atoms with E-state index >= 15 is 0 Å². The van der Waals surface area contributed by atoms with Crippen LogP contribution in [-0.2, 0) is 0 Å². The van der Waals surface area contributed by atoms with Crippen molar-refractivity contribution in [3.05, 3.63) is 51.5 Å². The molecule has 1 N–H and O–H groups in total. The Morgan fingerprint density at radius 1 is 1.23 bits per heavy atom. The predicted octanol–water partition coefficient (Wildman–Crippen LogP) is 4.16. The Hall–Kier alpha value is -2.47. The first-order valence-corrected chi connectivity index (χ1v) is 9.70. The van der Waals surface area contributed by atoms with E-state index in [4.69, 9.17) is 4.98 Å². The molecule has 3 aromatic rings. The van der Waals surface area contributed by atoms with Crippen molar-refractivity contribution in [3.63, 3.8) is 0 Å². The molecule has 0 bridgehead atoms. The van der Waals surface area contributed by atoms with Gasteiger partial charge in [-0.25, -0.2) is 4.98 Å². The first kappa shape index (κ1) is 17.0. The normalized spacial score (nSPS) is 17.6. The zero-order valence-electron chi connectivity index (χ0n) is 14.9. The van der Waals surface area contributed by atoms with Crippen LogP contribution in [0.2, 0.25) is 0 Å². The lowest BCUT2D eigenvalue weighted by Gasteiger charge is -2.31. The third kappa shape index (κ3) is 3.05. The van der Waals surface area contributed by atoms with E-state index in [1.54, 1.807) is 12.1 Å². The first-order chi connectivity index (χ1) is 12.5. The molecule has 1 aromatic carbocycles. The van der Waals surface area contributed by atoms with Gasteiger partial charge in [0.15, 0.2) is 5.78 Å². The number of Topliss-reactive ketones (excluding diaryl/α,β-unsaturated/α-hetero) is 1. The van der Waals surface area contributed by atoms with E-state index in [9.17, 15) is 9.59 Å². The second-order valence-corrected chi connectivity index (χ2v) is 7.99. The van der Waals surface area contributed by atoms with Gasteiger partial charge in [0.1, 0.15) is 5.82 Å². The highest BCUT2D eigenvalue weighted by molar-refractivity contribution is 7.15. The van der Waals surface area contributed by atoms with Crippen molar-refractivity contribution in [2.75, 3.05) is 13.1 Å². The number of H-pyrrole nitrogens is 1. The third-order valence-electron chi connectivity index (χ3n) is 4.99. The quantitative estimate of drug-likeness (QED) is 0.707. The van der Waals surface area contributed by atoms with Crippen molar-refractivity contribution in [1.29, 1.82) is 0 Å². The van der Waals surface area contributed by atoms with E-state index in [1.807, 2.05) is 17.0 Å². The number of carbonyl (C=O) groups is 2. The highest BCUT2D eigenvalue weighted by Crippen LogP contribution is 2.29. The smallest absolute Gasteiger partial charge is 0.263 e. The van der Waals surface area contributed by atoms with E-state index < -0.39 is 0 Å². The van der Waals surface area contributed by atoms with Crippen LogP contribution in [0.4, 0.5) is 0 Å². The monoisotopic (exact) mass is 367 g/mol. The summed E-state index contributed by atoms with van der Waals surface area (Å²) in [7, 11) is 0. The van der Waals surface area contributed by atoms with Crippen LogP contribution in [0, 0.1) is 6.92 Å². The minimum atomic E-state index is 0.00298. The van der Waals surface area contributed by atoms with Crippen LogP contribution >= 0.6 is 11.3 Å². The summed E-state index contributed by atoms with van der Waals surface area (Å²) < 4.78 is 0. The van der Waals surface area contributed by atoms with Gasteiger partial charge < -0.3 is 9.88 Å². The highest BCUT2D eigenvalue weighted by Gasteiger charge is 2.28. The molecule has 3 heterocycles. The van der Waals surface area contributed by atoms with E-state index in [0.29, 0.717) is 16.3 Å². The second kappa shape index (κ2) is 6.68. The summed E-state index contributed by atoms with van der Waals surface area (Å²) in [6.45, 7) is 5.00. The molecule has 134 valence electrons. The number of imidazole rings is 1. The van der Waals surface area contributed by atoms with Crippen molar-refractivity contribution < 1.29 is 9.59 Å². The van der Waals surface area contributed by atoms with Crippen molar-refractivity contribution in [3.8, 4) is 0 Å². The predicted molar refractivity (Wildman–Crippen MR) is 103 cm³/mol. The second-order valence-electron chi connectivity index (χ2n) is 6.90. The number of hydrogen-bond acceptors (Lipinski definition) is 4. The van der Waals surface area contributed by atoms with Crippen LogP contribution in [0.15, 0.2) is 30.3 Å². The van der Waals surface area contributed by atoms with Crippen molar-refractivity contribution in [1.82, 2.24) is 14.9 Å². The molecule has 5 nitrogen and oxygen atoms in total. The van der Waals surface area contributed by atoms with Crippen LogP contribution in [0.1, 0.15) is 56.4 Å². The van der Waals surface area contributed by atoms with Crippen molar-refractivity contribution in [2.45, 2.75) is 32.6 Å². The zero-order valence-corrected chi connectivity index (χ0v) is 15.7. The number of benzene rings is 1. The number of hydrogen-bond donors (Lipinski definition) is 1. The van der Waals surface area contributed by atoms with Gasteiger partial charge in [0.25, 0.3) is 5.91 Å². The molecule has 1 amide bonds. The topological polar surface area (TPSA) is 66.1 Å². The lowest BCUT2D eigenvalue weighted by molar-refractivity contribution is 0.0709. The van der Waals surface area contributed by atoms with Gasteiger partial charge in [-0.3, -0.25) is 9.59 Å². The Morgan fingerprint density at radius 2 is 2.04 bits per heavy atom. The molecule has 0 radical (unpaired) electrons. The lowest BCUT2D eigenvalue weighted by Crippen LogP contribution is -2.39. The number of thiophene rings is 1. The van der Waals surface area contributed by atoms with E-state index in [2.05, 4.69) is 18.0 Å². The number of fused-ring (bicyclic) bond motifs is 1. The number of nitrogens with zero attached hydrogens (tertiary/aromatic N) is 2. The Kier molecular flexibility index (Phi) is 4.36. The van der Waals surface area contributed by atoms with Gasteiger partial charge in [-0.15, -0.1) is 11.3 Å². The number of piperidine rings is 1. The minimum Gasteiger partial charge on any atom is -0.342 e. The number of para-hydroxylation sites is 1. The molecule has 0 spiro atoms. The van der Waals surface area contributed by atoms with E-state index in [0.717, 1.165) is 41.8 Å². The minimum absolute atomic E-state index is 0.00298. The first-order valence-electron chi connectivity index (χ1n) is 8.88. The number of nitrogens with one attached hydrogen (secondary N) is 1. The van der Waals surface area contributed by atoms with Crippen molar-refractivity contribution in [2.24, 2.45) is 0 Å². The Morgan fingerprint density at radius 3 is 2.77 bits per heavy atom. The molecule has 4 rings (SSSR count). The molecular formula is C20H21N3O2S. The fourth-order valence-corrected chi connectivity index (χ4v) is 4.44. The van der Waals surface area contributed by atoms with Crippen LogP contribution in [-0.4, -0.2) is 39.6 Å². The number of aromatic amines is 1. The molecule has 0 aliphatic carbocycles. The molecule has 1 atom stereocenters. The maximum atomic E-state index is 12.8. The van der Waals surface area contributed by atoms with Crippen molar-refractivity contribution >= 4 is 34.1 Å². The summed E-state index contributed by atoms with van der Waals surface area (Å²) in [4.78, 5) is 35.7. The number of likely N-dealkylation sites (tertiary alicyclic amines) is 1. The Bertz CT molecular complexity index is 988. The largest absolute Gasteiger partial charge is 0.342 e. The average Bonchev–Trinajstić information content (AvgIpc) is 3.29. The highest BCUT2D eigenvalue weighted by atomic mass is 32.1. The van der Waals surface area contributed by atoms with Gasteiger partial charge in [-0.1, -0.05) is 12.1 Å². The molecule has 1 saturated heterocycles. The molecular weight excluding hydrogens is 346 g/mol. The number of rotatable bonds is 3. The van der Waals surface area contributed by atoms with Crippen LogP contribution in [0.3, 0.4) is 0 Å². The van der Waals surface area contributed by atoms with Gasteiger partial charge in [-0.2, -0.15) is 0 Å². The van der Waals surface area contributed by atoms with Gasteiger partial charge in [-0.05, 0) is 50.5 Å². The Labute approximate surface area is 156 Å². The molecule has 1 aliphatic rings. The summed E-state index contributed by atoms with van der Waals surface area (Å²) >= 11 is 1.28. The maximum absolute atomic E-state index is 12.8. The average molecular weight is 367 g/mol. The summed E-state index contributed by atoms with van der Waals surface area (Å²) in [5, 5.41) is 0. The van der Waals surface area contributed by atoms with E-state index in [-0.39, 0.29) is 17.6 Å². The molecule has 26 heavy (non-hydrogen) atoms.